The number of nitro benzene ring substituents is 1. The number of phenols is 2. The van der Waals surface area contributed by atoms with Crippen LogP contribution in [0.25, 0.3) is 10.8 Å². The molecule has 0 fully saturated rings. The smallest absolute Gasteiger partial charge is 0.296 e. The van der Waals surface area contributed by atoms with Crippen LogP contribution >= 0.6 is 0 Å². The molecule has 0 aromatic heterocycles. The number of nitrogen functional groups attached to an aromatic ring is 2. The van der Waals surface area contributed by atoms with Gasteiger partial charge in [-0.2, -0.15) is 40.6 Å². The number of nitrogens with one attached hydrogen (secondary N) is 1. The second kappa shape index (κ2) is 16.0. The van der Waals surface area contributed by atoms with Crippen molar-refractivity contribution < 1.29 is 54.0 Å². The van der Waals surface area contributed by atoms with Crippen molar-refractivity contribution in [2.75, 3.05) is 16.8 Å². The third-order valence-electron chi connectivity index (χ3n) is 8.14. The summed E-state index contributed by atoms with van der Waals surface area (Å²) >= 11 is 0. The molecule has 0 aliphatic heterocycles. The maximum atomic E-state index is 12.5. The molecule has 0 saturated carbocycles. The van der Waals surface area contributed by atoms with E-state index in [1.54, 1.807) is 0 Å². The van der Waals surface area contributed by atoms with Crippen LogP contribution in [0.2, 0.25) is 0 Å². The lowest BCUT2D eigenvalue weighted by Crippen LogP contribution is -2.04. The van der Waals surface area contributed by atoms with E-state index < -0.39 is 83.5 Å². The summed E-state index contributed by atoms with van der Waals surface area (Å²) in [5, 5.41) is 56.7. The van der Waals surface area contributed by atoms with E-state index in [2.05, 4.69) is 36.0 Å². The number of nitrogens with two attached hydrogens (primary N) is 2. The van der Waals surface area contributed by atoms with Gasteiger partial charge in [0.25, 0.3) is 36.0 Å². The molecule has 26 heteroatoms. The first kappa shape index (κ1) is 42.1. The Bertz CT molecular complexity index is 3160. The average Bonchev–Trinajstić information content (AvgIpc) is 3.16. The van der Waals surface area contributed by atoms with Crippen LogP contribution in [0.5, 0.6) is 11.5 Å². The van der Waals surface area contributed by atoms with Gasteiger partial charge in [0.2, 0.25) is 0 Å². The molecule has 0 aliphatic rings. The Kier molecular flexibility index (Phi) is 11.3. The third kappa shape index (κ3) is 9.28. The molecule has 308 valence electrons. The van der Waals surface area contributed by atoms with Crippen LogP contribution in [0.4, 0.5) is 62.6 Å². The fraction of sp³-hybridized carbons (Fsp3) is 0. The number of nitrogens with zero attached hydrogens (tertiary/aromatic N) is 7. The minimum absolute atomic E-state index is 0.0503. The van der Waals surface area contributed by atoms with Crippen LogP contribution in [0.3, 0.4) is 0 Å². The van der Waals surface area contributed by atoms with Gasteiger partial charge in [0.1, 0.15) is 37.5 Å². The zero-order chi connectivity index (χ0) is 43.7. The van der Waals surface area contributed by atoms with Crippen molar-refractivity contribution in [3.8, 4) is 11.5 Å². The fourth-order valence-electron chi connectivity index (χ4n) is 5.36. The standard InChI is InChI=1S/C34H26N10O13S3/c35-24-16-23(45)10-12-25(24)41-38-19-3-1-18(2-4-19)37-26-11-7-21(15-27(26)58(49,50)51)40-42-32-28(59(52,53)54)13-17-14-29(60(55,56)57)33(34(46)30(17)31(32)36)43-39-20-5-8-22(9-6-20)44(47)48/h1-16,37,45-46H,35-36H2,(H,49,50,51)(H,52,53,54)(H,55,56,57). The Morgan fingerprint density at radius 3 is 1.67 bits per heavy atom. The number of azo groups is 3. The number of aromatic hydroxyl groups is 2. The summed E-state index contributed by atoms with van der Waals surface area (Å²) in [6, 6.07) is 19.1. The van der Waals surface area contributed by atoms with Crippen LogP contribution in [-0.2, 0) is 30.4 Å². The van der Waals surface area contributed by atoms with Gasteiger partial charge in [-0.15, -0.1) is 15.3 Å². The van der Waals surface area contributed by atoms with Crippen molar-refractivity contribution in [3.63, 3.8) is 0 Å². The quantitative estimate of drug-likeness (QED) is 0.0189. The molecule has 0 bridgehead atoms. The number of phenolic OH excluding ortho intramolecular Hbond substituents is 2. The highest BCUT2D eigenvalue weighted by Crippen LogP contribution is 2.48. The number of nitro groups is 1. The Morgan fingerprint density at radius 2 is 1.10 bits per heavy atom. The number of anilines is 4. The molecule has 0 amide bonds. The van der Waals surface area contributed by atoms with Gasteiger partial charge in [-0.3, -0.25) is 23.8 Å². The van der Waals surface area contributed by atoms with Gasteiger partial charge in [0, 0.05) is 23.9 Å². The predicted octanol–water partition coefficient (Wildman–Crippen LogP) is 8.05. The van der Waals surface area contributed by atoms with Gasteiger partial charge < -0.3 is 27.0 Å². The first-order valence-corrected chi connectivity index (χ1v) is 20.6. The summed E-state index contributed by atoms with van der Waals surface area (Å²) in [6.45, 7) is 0. The summed E-state index contributed by atoms with van der Waals surface area (Å²) in [4.78, 5) is 7.42. The lowest BCUT2D eigenvalue weighted by molar-refractivity contribution is -0.384. The van der Waals surface area contributed by atoms with E-state index in [4.69, 9.17) is 11.5 Å². The summed E-state index contributed by atoms with van der Waals surface area (Å²) < 4.78 is 105. The largest absolute Gasteiger partial charge is 0.508 e. The van der Waals surface area contributed by atoms with Gasteiger partial charge in [0.15, 0.2) is 5.75 Å². The SMILES string of the molecule is Nc1cc(O)ccc1N=Nc1ccc(Nc2ccc(N=Nc3c(S(=O)(=O)O)cc4cc(S(=O)(=O)O)c(N=Nc5ccc([N+](=O)[O-])cc5)c(O)c4c3N)cc2S(=O)(=O)O)cc1. The summed E-state index contributed by atoms with van der Waals surface area (Å²) in [5.74, 6) is -1.13. The monoisotopic (exact) mass is 878 g/mol. The van der Waals surface area contributed by atoms with Gasteiger partial charge in [-0.05, 0) is 84.2 Å². The van der Waals surface area contributed by atoms with E-state index >= 15 is 0 Å². The molecule has 0 heterocycles. The number of hydrogen-bond donors (Lipinski definition) is 8. The molecule has 0 atom stereocenters. The molecule has 6 aromatic carbocycles. The molecule has 10 N–H and O–H groups in total. The molecule has 0 saturated heterocycles. The molecule has 6 rings (SSSR count). The van der Waals surface area contributed by atoms with Gasteiger partial charge in [0.05, 0.1) is 44.4 Å². The molecule has 23 nitrogen and oxygen atoms in total. The maximum absolute atomic E-state index is 12.5. The zero-order valence-electron chi connectivity index (χ0n) is 29.7. The van der Waals surface area contributed by atoms with Crippen molar-refractivity contribution >= 4 is 104 Å². The third-order valence-corrected chi connectivity index (χ3v) is 10.8. The lowest BCUT2D eigenvalue weighted by Gasteiger charge is -2.14. The highest BCUT2D eigenvalue weighted by atomic mass is 32.2. The van der Waals surface area contributed by atoms with E-state index in [1.807, 2.05) is 0 Å². The molecule has 0 spiro atoms. The number of non-ortho nitro benzene ring substituents is 1. The molecule has 6 aromatic rings. The minimum atomic E-state index is -5.27. The Hall–Kier alpha value is -7.49. The van der Waals surface area contributed by atoms with Crippen molar-refractivity contribution in [1.82, 2.24) is 0 Å². The first-order chi connectivity index (χ1) is 28.1. The van der Waals surface area contributed by atoms with E-state index in [-0.39, 0.29) is 34.2 Å². The number of benzene rings is 6. The van der Waals surface area contributed by atoms with E-state index in [9.17, 15) is 59.2 Å². The van der Waals surface area contributed by atoms with Crippen molar-refractivity contribution in [2.45, 2.75) is 14.7 Å². The van der Waals surface area contributed by atoms with E-state index in [0.717, 1.165) is 30.3 Å². The second-order valence-corrected chi connectivity index (χ2v) is 16.4. The predicted molar refractivity (Wildman–Crippen MR) is 214 cm³/mol. The molecule has 0 aliphatic carbocycles. The summed E-state index contributed by atoms with van der Waals surface area (Å²) in [5.41, 5.74) is 9.90. The van der Waals surface area contributed by atoms with Crippen LogP contribution in [0.15, 0.2) is 142 Å². The van der Waals surface area contributed by atoms with Crippen LogP contribution < -0.4 is 16.8 Å². The maximum Gasteiger partial charge on any atom is 0.296 e. The van der Waals surface area contributed by atoms with Gasteiger partial charge in [-0.25, -0.2) is 0 Å². The van der Waals surface area contributed by atoms with Gasteiger partial charge in [-0.1, -0.05) is 0 Å². The van der Waals surface area contributed by atoms with E-state index in [0.29, 0.717) is 29.2 Å². The summed E-state index contributed by atoms with van der Waals surface area (Å²) in [6.07, 6.45) is 0. The second-order valence-electron chi connectivity index (χ2n) is 12.2. The molecule has 60 heavy (non-hydrogen) atoms. The molecular formula is C34H26N10O13S3. The van der Waals surface area contributed by atoms with Crippen LogP contribution in [0, 0.1) is 10.1 Å². The first-order valence-electron chi connectivity index (χ1n) is 16.2. The molecule has 0 radical (unpaired) electrons. The lowest BCUT2D eigenvalue weighted by atomic mass is 10.1. The molecular weight excluding hydrogens is 853 g/mol. The number of hydrogen-bond acceptors (Lipinski definition) is 19. The Labute approximate surface area is 337 Å². The average molecular weight is 879 g/mol. The topological polar surface area (TPSA) is 385 Å². The van der Waals surface area contributed by atoms with Crippen LogP contribution in [-0.4, -0.2) is 54.0 Å². The fourth-order valence-corrected chi connectivity index (χ4v) is 7.36. The summed E-state index contributed by atoms with van der Waals surface area (Å²) in [7, 11) is -15.5. The Morgan fingerprint density at radius 1 is 0.583 bits per heavy atom. The van der Waals surface area contributed by atoms with E-state index in [1.165, 1.54) is 54.6 Å². The van der Waals surface area contributed by atoms with Crippen molar-refractivity contribution in [3.05, 3.63) is 107 Å². The normalized spacial score (nSPS) is 12.5. The highest BCUT2D eigenvalue weighted by Gasteiger charge is 2.28. The minimum Gasteiger partial charge on any atom is -0.508 e. The molecule has 0 unspecified atom stereocenters. The number of rotatable bonds is 12. The van der Waals surface area contributed by atoms with Crippen LogP contribution in [0.1, 0.15) is 0 Å². The van der Waals surface area contributed by atoms with Crippen molar-refractivity contribution in [2.24, 2.45) is 30.7 Å². The number of fused-ring (bicyclic) bond motifs is 1. The van der Waals surface area contributed by atoms with Crippen molar-refractivity contribution in [1.29, 1.82) is 0 Å². The zero-order valence-corrected chi connectivity index (χ0v) is 32.2. The van der Waals surface area contributed by atoms with Gasteiger partial charge >= 0.3 is 0 Å². The Balaban J connectivity index is 1.37. The highest BCUT2D eigenvalue weighted by molar-refractivity contribution is 7.86.